The van der Waals surface area contributed by atoms with E-state index in [1.54, 1.807) is 0 Å². The Labute approximate surface area is 238 Å². The summed E-state index contributed by atoms with van der Waals surface area (Å²) in [5.41, 5.74) is 3.68. The molecule has 4 rings (SSSR count). The van der Waals surface area contributed by atoms with Crippen LogP contribution in [-0.2, 0) is 15.6 Å². The van der Waals surface area contributed by atoms with Crippen molar-refractivity contribution in [3.05, 3.63) is 89.5 Å². The molecule has 0 spiro atoms. The Morgan fingerprint density at radius 2 is 1.07 bits per heavy atom. The molecule has 40 heavy (non-hydrogen) atoms. The van der Waals surface area contributed by atoms with Gasteiger partial charge < -0.3 is 14.2 Å². The number of esters is 1. The zero-order chi connectivity index (χ0) is 29.0. The molecule has 1 saturated carbocycles. The molecule has 0 radical (unpaired) electrons. The standard InChI is InChI=1S/C35H42O5/c1-25(36)38-29-18-12-27(13-19-29)35(22-8-7-9-23-35)28-14-20-31(21-15-28)40-32(37)39-30-16-10-26(11-17-30)34(5,6)24-33(2,3)4/h10-21H,7-9,22-24H2,1-6H3. The van der Waals surface area contributed by atoms with E-state index in [0.29, 0.717) is 17.2 Å². The highest BCUT2D eigenvalue weighted by Crippen LogP contribution is 2.45. The van der Waals surface area contributed by atoms with Crippen LogP contribution in [0, 0.1) is 5.41 Å². The molecule has 1 aliphatic carbocycles. The number of hydrogen-bond donors (Lipinski definition) is 0. The van der Waals surface area contributed by atoms with Gasteiger partial charge in [0, 0.05) is 12.3 Å². The molecular weight excluding hydrogens is 500 g/mol. The summed E-state index contributed by atoms with van der Waals surface area (Å²) in [6, 6.07) is 23.3. The molecule has 0 unspecified atom stereocenters. The van der Waals surface area contributed by atoms with Crippen LogP contribution in [0.5, 0.6) is 17.2 Å². The van der Waals surface area contributed by atoms with Gasteiger partial charge in [-0.2, -0.15) is 0 Å². The maximum absolute atomic E-state index is 12.6. The molecule has 5 heteroatoms. The van der Waals surface area contributed by atoms with Crippen LogP contribution in [0.4, 0.5) is 4.79 Å². The van der Waals surface area contributed by atoms with Gasteiger partial charge in [-0.25, -0.2) is 4.79 Å². The van der Waals surface area contributed by atoms with Gasteiger partial charge in [0.05, 0.1) is 0 Å². The summed E-state index contributed by atoms with van der Waals surface area (Å²) >= 11 is 0. The van der Waals surface area contributed by atoms with E-state index in [1.165, 1.54) is 30.0 Å². The summed E-state index contributed by atoms with van der Waals surface area (Å²) in [5, 5.41) is 0. The molecule has 0 heterocycles. The van der Waals surface area contributed by atoms with Crippen LogP contribution in [0.25, 0.3) is 0 Å². The lowest BCUT2D eigenvalue weighted by atomic mass is 9.65. The average Bonchev–Trinajstić information content (AvgIpc) is 2.88. The van der Waals surface area contributed by atoms with Crippen molar-refractivity contribution in [3.63, 3.8) is 0 Å². The third kappa shape index (κ3) is 7.32. The lowest BCUT2D eigenvalue weighted by Crippen LogP contribution is -2.30. The van der Waals surface area contributed by atoms with Crippen molar-refractivity contribution in [1.29, 1.82) is 0 Å². The minimum atomic E-state index is -0.761. The molecule has 0 amide bonds. The van der Waals surface area contributed by atoms with Crippen molar-refractivity contribution >= 4 is 12.1 Å². The lowest BCUT2D eigenvalue weighted by Gasteiger charge is -2.38. The molecule has 0 atom stereocenters. The highest BCUT2D eigenvalue weighted by Gasteiger charge is 2.36. The largest absolute Gasteiger partial charge is 0.519 e. The second-order valence-electron chi connectivity index (χ2n) is 12.9. The highest BCUT2D eigenvalue weighted by atomic mass is 16.7. The molecule has 0 aromatic heterocycles. The van der Waals surface area contributed by atoms with Gasteiger partial charge >= 0.3 is 12.1 Å². The second-order valence-corrected chi connectivity index (χ2v) is 12.9. The number of ether oxygens (including phenoxy) is 3. The van der Waals surface area contributed by atoms with Crippen LogP contribution < -0.4 is 14.2 Å². The van der Waals surface area contributed by atoms with Gasteiger partial charge in [-0.3, -0.25) is 4.79 Å². The fourth-order valence-corrected chi connectivity index (χ4v) is 6.36. The summed E-state index contributed by atoms with van der Waals surface area (Å²) in [7, 11) is 0. The van der Waals surface area contributed by atoms with Gasteiger partial charge in [0.15, 0.2) is 0 Å². The number of benzene rings is 3. The fraction of sp³-hybridized carbons (Fsp3) is 0.429. The van der Waals surface area contributed by atoms with Crippen LogP contribution in [0.15, 0.2) is 72.8 Å². The predicted molar refractivity (Wildman–Crippen MR) is 158 cm³/mol. The SMILES string of the molecule is CC(=O)Oc1ccc(C2(c3ccc(OC(=O)Oc4ccc(C(C)(C)CC(C)(C)C)cc4)cc3)CCCCC2)cc1. The Bertz CT molecular complexity index is 1290. The molecule has 1 fully saturated rings. The number of carbonyl (C=O) groups excluding carboxylic acids is 2. The predicted octanol–water partition coefficient (Wildman–Crippen LogP) is 9.15. The first kappa shape index (κ1) is 29.4. The molecule has 5 nitrogen and oxygen atoms in total. The van der Waals surface area contributed by atoms with E-state index in [1.807, 2.05) is 60.7 Å². The van der Waals surface area contributed by atoms with Crippen molar-refractivity contribution in [2.24, 2.45) is 5.41 Å². The van der Waals surface area contributed by atoms with E-state index < -0.39 is 6.16 Å². The van der Waals surface area contributed by atoms with Gasteiger partial charge in [0.2, 0.25) is 0 Å². The monoisotopic (exact) mass is 542 g/mol. The van der Waals surface area contributed by atoms with E-state index in [9.17, 15) is 9.59 Å². The van der Waals surface area contributed by atoms with Gasteiger partial charge in [0.25, 0.3) is 0 Å². The zero-order valence-corrected chi connectivity index (χ0v) is 24.7. The third-order valence-electron chi connectivity index (χ3n) is 7.79. The lowest BCUT2D eigenvalue weighted by molar-refractivity contribution is -0.131. The molecule has 3 aromatic carbocycles. The van der Waals surface area contributed by atoms with Crippen molar-refractivity contribution in [1.82, 2.24) is 0 Å². The summed E-state index contributed by atoms with van der Waals surface area (Å²) in [6.07, 6.45) is 5.84. The van der Waals surface area contributed by atoms with Crippen molar-refractivity contribution in [2.75, 3.05) is 0 Å². The Morgan fingerprint density at radius 1 is 0.650 bits per heavy atom. The van der Waals surface area contributed by atoms with Crippen LogP contribution in [0.2, 0.25) is 0 Å². The second kappa shape index (κ2) is 11.9. The highest BCUT2D eigenvalue weighted by molar-refractivity contribution is 5.69. The van der Waals surface area contributed by atoms with Gasteiger partial charge in [-0.15, -0.1) is 0 Å². The Kier molecular flexibility index (Phi) is 8.72. The van der Waals surface area contributed by atoms with Crippen molar-refractivity contribution < 1.29 is 23.8 Å². The number of rotatable bonds is 7. The minimum absolute atomic E-state index is 0.0130. The smallest absolute Gasteiger partial charge is 0.427 e. The minimum Gasteiger partial charge on any atom is -0.427 e. The molecule has 0 aliphatic heterocycles. The quantitative estimate of drug-likeness (QED) is 0.169. The summed E-state index contributed by atoms with van der Waals surface area (Å²) in [6.45, 7) is 12.6. The zero-order valence-electron chi connectivity index (χ0n) is 24.7. The first-order valence-corrected chi connectivity index (χ1v) is 14.3. The topological polar surface area (TPSA) is 61.8 Å². The molecule has 0 N–H and O–H groups in total. The Morgan fingerprint density at radius 3 is 1.50 bits per heavy atom. The fourth-order valence-electron chi connectivity index (χ4n) is 6.36. The summed E-state index contributed by atoms with van der Waals surface area (Å²) in [5.74, 6) is 1.11. The molecular formula is C35H42O5. The van der Waals surface area contributed by atoms with Gasteiger partial charge in [-0.1, -0.05) is 90.3 Å². The van der Waals surface area contributed by atoms with Crippen LogP contribution >= 0.6 is 0 Å². The van der Waals surface area contributed by atoms with Gasteiger partial charge in [0.1, 0.15) is 17.2 Å². The first-order chi connectivity index (χ1) is 18.9. The van der Waals surface area contributed by atoms with Crippen LogP contribution in [0.1, 0.15) is 96.8 Å². The van der Waals surface area contributed by atoms with E-state index in [4.69, 9.17) is 14.2 Å². The maximum Gasteiger partial charge on any atom is 0.519 e. The summed E-state index contributed by atoms with van der Waals surface area (Å²) in [4.78, 5) is 23.9. The van der Waals surface area contributed by atoms with E-state index in [-0.39, 0.29) is 22.2 Å². The first-order valence-electron chi connectivity index (χ1n) is 14.3. The van der Waals surface area contributed by atoms with Crippen LogP contribution in [0.3, 0.4) is 0 Å². The molecule has 1 aliphatic rings. The average molecular weight is 543 g/mol. The molecule has 0 bridgehead atoms. The van der Waals surface area contributed by atoms with E-state index >= 15 is 0 Å². The number of hydrogen-bond acceptors (Lipinski definition) is 5. The normalized spacial score (nSPS) is 15.2. The third-order valence-corrected chi connectivity index (χ3v) is 7.79. The Balaban J connectivity index is 1.43. The number of carbonyl (C=O) groups is 2. The van der Waals surface area contributed by atoms with E-state index in [2.05, 4.69) is 46.8 Å². The van der Waals surface area contributed by atoms with E-state index in [0.717, 1.165) is 32.1 Å². The van der Waals surface area contributed by atoms with Crippen molar-refractivity contribution in [2.45, 2.75) is 90.9 Å². The molecule has 212 valence electrons. The Hall–Kier alpha value is -3.60. The molecule has 3 aromatic rings. The molecule has 0 saturated heterocycles. The van der Waals surface area contributed by atoms with Crippen molar-refractivity contribution in [3.8, 4) is 17.2 Å². The van der Waals surface area contributed by atoms with Gasteiger partial charge in [-0.05, 0) is 83.2 Å². The van der Waals surface area contributed by atoms with Crippen LogP contribution in [-0.4, -0.2) is 12.1 Å². The summed E-state index contributed by atoms with van der Waals surface area (Å²) < 4.78 is 16.2. The maximum atomic E-state index is 12.6.